The van der Waals surface area contributed by atoms with E-state index in [1.165, 1.54) is 6.08 Å². The molecule has 0 bridgehead atoms. The number of amides is 2. The van der Waals surface area contributed by atoms with Gasteiger partial charge in [0.25, 0.3) is 5.91 Å². The summed E-state index contributed by atoms with van der Waals surface area (Å²) < 4.78 is 0. The van der Waals surface area contributed by atoms with E-state index in [2.05, 4.69) is 11.6 Å². The van der Waals surface area contributed by atoms with E-state index >= 15 is 0 Å². The first-order chi connectivity index (χ1) is 11.0. The minimum Gasteiger partial charge on any atom is -0.366 e. The summed E-state index contributed by atoms with van der Waals surface area (Å²) in [6.07, 6.45) is 3.36. The van der Waals surface area contributed by atoms with Crippen LogP contribution in [0.25, 0.3) is 10.9 Å². The molecule has 1 unspecified atom stereocenters. The van der Waals surface area contributed by atoms with E-state index in [9.17, 15) is 9.59 Å². The molecule has 0 spiro atoms. The number of aromatic nitrogens is 1. The van der Waals surface area contributed by atoms with E-state index in [1.807, 2.05) is 24.0 Å². The van der Waals surface area contributed by atoms with Crippen molar-refractivity contribution in [3.8, 4) is 0 Å². The first kappa shape index (κ1) is 15.3. The van der Waals surface area contributed by atoms with Crippen LogP contribution in [0.2, 0.25) is 0 Å². The minimum absolute atomic E-state index is 0.0232. The Labute approximate surface area is 135 Å². The van der Waals surface area contributed by atoms with E-state index < -0.39 is 5.91 Å². The van der Waals surface area contributed by atoms with Gasteiger partial charge in [0, 0.05) is 30.1 Å². The number of H-pyrrole nitrogens is 1. The molecule has 5 nitrogen and oxygen atoms in total. The highest BCUT2D eigenvalue weighted by Gasteiger charge is 2.26. The third-order valence-electron chi connectivity index (χ3n) is 4.58. The van der Waals surface area contributed by atoms with Gasteiger partial charge in [0.15, 0.2) is 0 Å². The number of likely N-dealkylation sites (tertiary alicyclic amines) is 1. The second kappa shape index (κ2) is 5.91. The zero-order valence-electron chi connectivity index (χ0n) is 13.3. The first-order valence-electron chi connectivity index (χ1n) is 7.84. The molecule has 5 heteroatoms. The van der Waals surface area contributed by atoms with Gasteiger partial charge in [-0.05, 0) is 43.5 Å². The average Bonchev–Trinajstić information content (AvgIpc) is 2.94. The molecule has 2 aromatic rings. The number of piperidine rings is 1. The summed E-state index contributed by atoms with van der Waals surface area (Å²) in [5.41, 5.74) is 8.93. The minimum atomic E-state index is -0.435. The Morgan fingerprint density at radius 2 is 2.22 bits per heavy atom. The largest absolute Gasteiger partial charge is 0.366 e. The van der Waals surface area contributed by atoms with Crippen LogP contribution in [0.15, 0.2) is 30.9 Å². The van der Waals surface area contributed by atoms with Crippen molar-refractivity contribution in [3.63, 3.8) is 0 Å². The summed E-state index contributed by atoms with van der Waals surface area (Å²) in [6, 6.07) is 5.80. The standard InChI is InChI=1S/C18H21N3O2/c1-3-16(22)21-8-4-5-12(10-21)13-6-7-14(18(19)23)17-15(13)9-11(2)20-17/h3,6-7,9,12,20H,1,4-5,8,10H2,2H3,(H2,19,23). The number of hydrogen-bond donors (Lipinski definition) is 2. The number of carbonyl (C=O) groups excluding carboxylic acids is 2. The van der Waals surface area contributed by atoms with Crippen LogP contribution in [-0.4, -0.2) is 34.8 Å². The fourth-order valence-corrected chi connectivity index (χ4v) is 3.50. The van der Waals surface area contributed by atoms with Crippen LogP contribution in [0.5, 0.6) is 0 Å². The molecule has 1 aliphatic heterocycles. The molecule has 2 heterocycles. The monoisotopic (exact) mass is 311 g/mol. The van der Waals surface area contributed by atoms with Crippen LogP contribution in [0.1, 0.15) is 40.4 Å². The SMILES string of the molecule is C=CC(=O)N1CCCC(c2ccc(C(N)=O)c3[nH]c(C)cc23)C1. The molecule has 1 atom stereocenters. The number of nitrogens with two attached hydrogens (primary N) is 1. The lowest BCUT2D eigenvalue weighted by Gasteiger charge is -2.32. The Balaban J connectivity index is 2.03. The number of rotatable bonds is 3. The molecule has 2 amide bonds. The lowest BCUT2D eigenvalue weighted by molar-refractivity contribution is -0.127. The summed E-state index contributed by atoms with van der Waals surface area (Å²) in [5.74, 6) is -0.201. The van der Waals surface area contributed by atoms with Gasteiger partial charge in [-0.15, -0.1) is 0 Å². The van der Waals surface area contributed by atoms with Crippen LogP contribution >= 0.6 is 0 Å². The van der Waals surface area contributed by atoms with Crippen molar-refractivity contribution >= 4 is 22.7 Å². The summed E-state index contributed by atoms with van der Waals surface area (Å²) in [6.45, 7) is 6.99. The number of fused-ring (bicyclic) bond motifs is 1. The number of primary amides is 1. The molecule has 0 radical (unpaired) electrons. The summed E-state index contributed by atoms with van der Waals surface area (Å²) in [7, 11) is 0. The predicted molar refractivity (Wildman–Crippen MR) is 90.3 cm³/mol. The lowest BCUT2D eigenvalue weighted by Crippen LogP contribution is -2.38. The number of carbonyl (C=O) groups is 2. The number of hydrogen-bond acceptors (Lipinski definition) is 2. The summed E-state index contributed by atoms with van der Waals surface area (Å²) in [4.78, 5) is 28.6. The van der Waals surface area contributed by atoms with Crippen molar-refractivity contribution in [2.24, 2.45) is 5.73 Å². The van der Waals surface area contributed by atoms with Crippen molar-refractivity contribution in [1.82, 2.24) is 9.88 Å². The van der Waals surface area contributed by atoms with Gasteiger partial charge in [-0.3, -0.25) is 9.59 Å². The van der Waals surface area contributed by atoms with Gasteiger partial charge in [0.2, 0.25) is 5.91 Å². The Bertz CT molecular complexity index is 791. The van der Waals surface area contributed by atoms with Crippen molar-refractivity contribution in [1.29, 1.82) is 0 Å². The number of benzene rings is 1. The molecular formula is C18H21N3O2. The Kier molecular flexibility index (Phi) is 3.94. The van der Waals surface area contributed by atoms with Gasteiger partial charge in [-0.25, -0.2) is 0 Å². The molecule has 1 saturated heterocycles. The number of aryl methyl sites for hydroxylation is 1. The lowest BCUT2D eigenvalue weighted by atomic mass is 9.87. The zero-order chi connectivity index (χ0) is 16.6. The molecule has 1 aromatic heterocycles. The quantitative estimate of drug-likeness (QED) is 0.854. The van der Waals surface area contributed by atoms with Crippen LogP contribution < -0.4 is 5.73 Å². The van der Waals surface area contributed by atoms with Crippen molar-refractivity contribution in [2.45, 2.75) is 25.7 Å². The Morgan fingerprint density at radius 1 is 1.43 bits per heavy atom. The molecule has 3 N–H and O–H groups in total. The normalized spacial score (nSPS) is 18.1. The van der Waals surface area contributed by atoms with Crippen LogP contribution in [0, 0.1) is 6.92 Å². The highest BCUT2D eigenvalue weighted by molar-refractivity contribution is 6.06. The second-order valence-corrected chi connectivity index (χ2v) is 6.14. The Hall–Kier alpha value is -2.56. The number of aromatic amines is 1. The topological polar surface area (TPSA) is 79.2 Å². The number of nitrogens with one attached hydrogen (secondary N) is 1. The molecule has 0 saturated carbocycles. The van der Waals surface area contributed by atoms with Gasteiger partial charge in [0.1, 0.15) is 0 Å². The van der Waals surface area contributed by atoms with E-state index in [4.69, 9.17) is 5.73 Å². The van der Waals surface area contributed by atoms with Gasteiger partial charge < -0.3 is 15.6 Å². The third kappa shape index (κ3) is 2.74. The van der Waals surface area contributed by atoms with Crippen LogP contribution in [-0.2, 0) is 4.79 Å². The highest BCUT2D eigenvalue weighted by atomic mass is 16.2. The fourth-order valence-electron chi connectivity index (χ4n) is 3.50. The fraction of sp³-hybridized carbons (Fsp3) is 0.333. The molecule has 23 heavy (non-hydrogen) atoms. The van der Waals surface area contributed by atoms with Crippen LogP contribution in [0.3, 0.4) is 0 Å². The summed E-state index contributed by atoms with van der Waals surface area (Å²) in [5, 5.41) is 1.02. The molecule has 1 aromatic carbocycles. The van der Waals surface area contributed by atoms with Gasteiger partial charge in [0.05, 0.1) is 11.1 Å². The summed E-state index contributed by atoms with van der Waals surface area (Å²) >= 11 is 0. The van der Waals surface area contributed by atoms with Crippen LogP contribution in [0.4, 0.5) is 0 Å². The maximum absolute atomic E-state index is 11.9. The maximum Gasteiger partial charge on any atom is 0.250 e. The highest BCUT2D eigenvalue weighted by Crippen LogP contribution is 2.34. The van der Waals surface area contributed by atoms with E-state index in [0.717, 1.165) is 41.5 Å². The second-order valence-electron chi connectivity index (χ2n) is 6.14. The number of nitrogens with zero attached hydrogens (tertiary/aromatic N) is 1. The van der Waals surface area contributed by atoms with Gasteiger partial charge >= 0.3 is 0 Å². The first-order valence-corrected chi connectivity index (χ1v) is 7.84. The van der Waals surface area contributed by atoms with Gasteiger partial charge in [-0.1, -0.05) is 12.6 Å². The molecule has 1 fully saturated rings. The van der Waals surface area contributed by atoms with Crippen molar-refractivity contribution < 1.29 is 9.59 Å². The Morgan fingerprint density at radius 3 is 2.91 bits per heavy atom. The predicted octanol–water partition coefficient (Wildman–Crippen LogP) is 2.47. The van der Waals surface area contributed by atoms with Crippen molar-refractivity contribution in [2.75, 3.05) is 13.1 Å². The molecule has 120 valence electrons. The average molecular weight is 311 g/mol. The smallest absolute Gasteiger partial charge is 0.250 e. The van der Waals surface area contributed by atoms with Crippen molar-refractivity contribution in [3.05, 3.63) is 47.7 Å². The third-order valence-corrected chi connectivity index (χ3v) is 4.58. The molecule has 0 aliphatic carbocycles. The van der Waals surface area contributed by atoms with Gasteiger partial charge in [-0.2, -0.15) is 0 Å². The van der Waals surface area contributed by atoms with E-state index in [1.54, 1.807) is 6.07 Å². The molecular weight excluding hydrogens is 290 g/mol. The molecule has 1 aliphatic rings. The van der Waals surface area contributed by atoms with E-state index in [-0.39, 0.29) is 11.8 Å². The maximum atomic E-state index is 11.9. The molecule has 3 rings (SSSR count). The zero-order valence-corrected chi connectivity index (χ0v) is 13.3. The van der Waals surface area contributed by atoms with E-state index in [0.29, 0.717) is 12.1 Å².